The lowest BCUT2D eigenvalue weighted by Gasteiger charge is -2.20. The van der Waals surface area contributed by atoms with Gasteiger partial charge in [-0.2, -0.15) is 0 Å². The SMILES string of the molecule is Cc1csc(N(C(=O)c2ccc([N+](=O)[O-])cc2C)C2CC2)n1. The first-order chi connectivity index (χ1) is 10.5. The normalized spacial score (nSPS) is 13.9. The molecule has 3 rings (SSSR count). The first-order valence-corrected chi connectivity index (χ1v) is 7.86. The van der Waals surface area contributed by atoms with Gasteiger partial charge >= 0.3 is 0 Å². The zero-order valence-electron chi connectivity index (χ0n) is 12.3. The van der Waals surface area contributed by atoms with Crippen LogP contribution in [0.3, 0.4) is 0 Å². The molecule has 1 aliphatic carbocycles. The van der Waals surface area contributed by atoms with E-state index < -0.39 is 4.92 Å². The summed E-state index contributed by atoms with van der Waals surface area (Å²) in [5, 5.41) is 13.4. The summed E-state index contributed by atoms with van der Waals surface area (Å²) in [6.45, 7) is 3.62. The molecule has 6 nitrogen and oxygen atoms in total. The van der Waals surface area contributed by atoms with Gasteiger partial charge in [0.1, 0.15) is 0 Å². The molecule has 0 aliphatic heterocycles. The van der Waals surface area contributed by atoms with Gasteiger partial charge in [0.15, 0.2) is 5.13 Å². The monoisotopic (exact) mass is 317 g/mol. The Kier molecular flexibility index (Phi) is 3.66. The third-order valence-electron chi connectivity index (χ3n) is 3.60. The fraction of sp³-hybridized carbons (Fsp3) is 0.333. The Balaban J connectivity index is 1.96. The summed E-state index contributed by atoms with van der Waals surface area (Å²) in [6.07, 6.45) is 1.94. The van der Waals surface area contributed by atoms with Crippen LogP contribution in [0.1, 0.15) is 34.5 Å². The van der Waals surface area contributed by atoms with E-state index in [1.54, 1.807) is 11.8 Å². The maximum absolute atomic E-state index is 12.9. The molecular formula is C15H15N3O3S. The number of rotatable bonds is 4. The number of carbonyl (C=O) groups is 1. The standard InChI is InChI=1S/C15H15N3O3S/c1-9-7-12(18(20)21)5-6-13(9)14(19)17(11-3-4-11)15-16-10(2)8-22-15/h5-8,11H,3-4H2,1-2H3. The molecule has 1 aromatic carbocycles. The van der Waals surface area contributed by atoms with Crippen molar-refractivity contribution in [2.75, 3.05) is 4.90 Å². The van der Waals surface area contributed by atoms with Crippen molar-refractivity contribution in [1.29, 1.82) is 0 Å². The quantitative estimate of drug-likeness (QED) is 0.639. The number of aryl methyl sites for hydroxylation is 2. The molecule has 0 bridgehead atoms. The van der Waals surface area contributed by atoms with Crippen LogP contribution >= 0.6 is 11.3 Å². The molecule has 22 heavy (non-hydrogen) atoms. The second kappa shape index (κ2) is 5.49. The number of hydrogen-bond donors (Lipinski definition) is 0. The topological polar surface area (TPSA) is 76.3 Å². The summed E-state index contributed by atoms with van der Waals surface area (Å²) in [7, 11) is 0. The number of hydrogen-bond acceptors (Lipinski definition) is 5. The van der Waals surface area contributed by atoms with Gasteiger partial charge in [-0.25, -0.2) is 4.98 Å². The number of non-ortho nitro benzene ring substituents is 1. The van der Waals surface area contributed by atoms with Gasteiger partial charge in [-0.3, -0.25) is 19.8 Å². The third kappa shape index (κ3) is 2.71. The average Bonchev–Trinajstić information content (AvgIpc) is 3.20. The first-order valence-electron chi connectivity index (χ1n) is 6.98. The van der Waals surface area contributed by atoms with Gasteiger partial charge in [0.25, 0.3) is 11.6 Å². The van der Waals surface area contributed by atoms with Crippen molar-refractivity contribution in [2.45, 2.75) is 32.7 Å². The Labute approximate surface area is 131 Å². The van der Waals surface area contributed by atoms with Gasteiger partial charge in [-0.1, -0.05) is 0 Å². The van der Waals surface area contributed by atoms with Gasteiger partial charge in [0.05, 0.1) is 10.6 Å². The molecule has 1 saturated carbocycles. The van der Waals surface area contributed by atoms with E-state index in [0.717, 1.165) is 18.5 Å². The van der Waals surface area contributed by atoms with Gasteiger partial charge in [0, 0.05) is 29.1 Å². The number of nitrogens with zero attached hydrogens (tertiary/aromatic N) is 3. The van der Waals surface area contributed by atoms with Crippen LogP contribution in [0.5, 0.6) is 0 Å². The lowest BCUT2D eigenvalue weighted by molar-refractivity contribution is -0.384. The zero-order valence-corrected chi connectivity index (χ0v) is 13.1. The number of anilines is 1. The molecule has 7 heteroatoms. The van der Waals surface area contributed by atoms with E-state index in [4.69, 9.17) is 0 Å². The zero-order chi connectivity index (χ0) is 15.9. The minimum absolute atomic E-state index is 0.00267. The van der Waals surface area contributed by atoms with Crippen LogP contribution in [-0.4, -0.2) is 21.9 Å². The van der Waals surface area contributed by atoms with Crippen LogP contribution in [0.15, 0.2) is 23.6 Å². The van der Waals surface area contributed by atoms with E-state index in [1.807, 2.05) is 12.3 Å². The summed E-state index contributed by atoms with van der Waals surface area (Å²) in [6, 6.07) is 4.53. The number of aromatic nitrogens is 1. The van der Waals surface area contributed by atoms with E-state index in [-0.39, 0.29) is 17.6 Å². The highest BCUT2D eigenvalue weighted by atomic mass is 32.1. The number of carbonyl (C=O) groups excluding carboxylic acids is 1. The minimum Gasteiger partial charge on any atom is -0.281 e. The Hall–Kier alpha value is -2.28. The van der Waals surface area contributed by atoms with E-state index in [9.17, 15) is 14.9 Å². The van der Waals surface area contributed by atoms with Crippen LogP contribution in [0.4, 0.5) is 10.8 Å². The maximum atomic E-state index is 12.9. The number of amides is 1. The van der Waals surface area contributed by atoms with Crippen molar-refractivity contribution in [1.82, 2.24) is 4.98 Å². The van der Waals surface area contributed by atoms with Crippen molar-refractivity contribution < 1.29 is 9.72 Å². The van der Waals surface area contributed by atoms with Gasteiger partial charge in [-0.05, 0) is 38.3 Å². The van der Waals surface area contributed by atoms with Crippen molar-refractivity contribution >= 4 is 28.1 Å². The van der Waals surface area contributed by atoms with Gasteiger partial charge < -0.3 is 0 Å². The first kappa shape index (κ1) is 14.6. The molecule has 0 N–H and O–H groups in total. The van der Waals surface area contributed by atoms with Gasteiger partial charge in [0.2, 0.25) is 0 Å². The molecule has 114 valence electrons. The van der Waals surface area contributed by atoms with E-state index in [2.05, 4.69) is 4.98 Å². The Morgan fingerprint density at radius 1 is 1.41 bits per heavy atom. The predicted octanol–water partition coefficient (Wildman–Crippen LogP) is 3.48. The molecule has 0 saturated heterocycles. The molecule has 2 aromatic rings. The fourth-order valence-corrected chi connectivity index (χ4v) is 3.20. The largest absolute Gasteiger partial charge is 0.281 e. The van der Waals surface area contributed by atoms with E-state index in [1.165, 1.54) is 29.5 Å². The number of nitro groups is 1. The summed E-state index contributed by atoms with van der Waals surface area (Å²) in [5.41, 5.74) is 1.99. The lowest BCUT2D eigenvalue weighted by Crippen LogP contribution is -2.33. The molecule has 1 amide bonds. The van der Waals surface area contributed by atoms with Crippen LogP contribution in [0.2, 0.25) is 0 Å². The Morgan fingerprint density at radius 3 is 2.64 bits per heavy atom. The Morgan fingerprint density at radius 2 is 2.14 bits per heavy atom. The molecule has 0 atom stereocenters. The summed E-state index contributed by atoms with van der Waals surface area (Å²) < 4.78 is 0. The molecular weight excluding hydrogens is 302 g/mol. The van der Waals surface area contributed by atoms with Crippen molar-refractivity contribution in [3.05, 3.63) is 50.5 Å². The molecule has 1 fully saturated rings. The Bertz CT molecular complexity index is 752. The van der Waals surface area contributed by atoms with Crippen LogP contribution in [0, 0.1) is 24.0 Å². The molecule has 0 unspecified atom stereocenters. The number of nitro benzene ring substituents is 1. The minimum atomic E-state index is -0.454. The van der Waals surface area contributed by atoms with Crippen LogP contribution in [-0.2, 0) is 0 Å². The van der Waals surface area contributed by atoms with Crippen molar-refractivity contribution in [2.24, 2.45) is 0 Å². The molecule has 1 aliphatic rings. The average molecular weight is 317 g/mol. The fourth-order valence-electron chi connectivity index (χ4n) is 2.32. The highest BCUT2D eigenvalue weighted by Crippen LogP contribution is 2.35. The molecule has 1 heterocycles. The van der Waals surface area contributed by atoms with Crippen LogP contribution in [0.25, 0.3) is 0 Å². The molecule has 0 radical (unpaired) electrons. The second-order valence-corrected chi connectivity index (χ2v) is 6.27. The smallest absolute Gasteiger partial charge is 0.269 e. The summed E-state index contributed by atoms with van der Waals surface area (Å²) >= 11 is 1.45. The second-order valence-electron chi connectivity index (χ2n) is 5.43. The molecule has 1 aromatic heterocycles. The number of benzene rings is 1. The summed E-state index contributed by atoms with van der Waals surface area (Å²) in [5.74, 6) is -0.135. The molecule has 0 spiro atoms. The summed E-state index contributed by atoms with van der Waals surface area (Å²) in [4.78, 5) is 29.4. The third-order valence-corrected chi connectivity index (χ3v) is 4.55. The highest BCUT2D eigenvalue weighted by molar-refractivity contribution is 7.14. The van der Waals surface area contributed by atoms with Crippen molar-refractivity contribution in [3.8, 4) is 0 Å². The number of thiazole rings is 1. The predicted molar refractivity (Wildman–Crippen MR) is 84.5 cm³/mol. The van der Waals surface area contributed by atoms with E-state index in [0.29, 0.717) is 16.3 Å². The van der Waals surface area contributed by atoms with E-state index >= 15 is 0 Å². The maximum Gasteiger partial charge on any atom is 0.269 e. The van der Waals surface area contributed by atoms with Gasteiger partial charge in [-0.15, -0.1) is 11.3 Å². The lowest BCUT2D eigenvalue weighted by atomic mass is 10.1. The highest BCUT2D eigenvalue weighted by Gasteiger charge is 2.36. The van der Waals surface area contributed by atoms with Crippen LogP contribution < -0.4 is 4.90 Å². The van der Waals surface area contributed by atoms with Crippen molar-refractivity contribution in [3.63, 3.8) is 0 Å².